The van der Waals surface area contributed by atoms with Gasteiger partial charge in [0.15, 0.2) is 5.82 Å². The number of nitrogens with zero attached hydrogens (tertiary/aromatic N) is 7. The van der Waals surface area contributed by atoms with E-state index in [0.29, 0.717) is 24.6 Å². The molecule has 5 aromatic rings. The molecule has 0 aliphatic rings. The van der Waals surface area contributed by atoms with Crippen molar-refractivity contribution in [1.82, 2.24) is 34.6 Å². The second-order valence-corrected chi connectivity index (χ2v) is 10.2. The molecule has 4 aromatic heterocycles. The van der Waals surface area contributed by atoms with Crippen LogP contribution in [0.3, 0.4) is 0 Å². The van der Waals surface area contributed by atoms with Crippen molar-refractivity contribution in [3.05, 3.63) is 65.2 Å². The molecule has 1 aromatic carbocycles. The monoisotopic (exact) mass is 565 g/mol. The van der Waals surface area contributed by atoms with Crippen LogP contribution >= 0.6 is 0 Å². The van der Waals surface area contributed by atoms with Crippen LogP contribution in [0.2, 0.25) is 0 Å². The highest BCUT2D eigenvalue weighted by atomic mass is 19.4. The number of halogens is 3. The summed E-state index contributed by atoms with van der Waals surface area (Å²) in [4.78, 5) is 14.2. The van der Waals surface area contributed by atoms with Crippen LogP contribution in [-0.4, -0.2) is 60.4 Å². The van der Waals surface area contributed by atoms with Gasteiger partial charge in [-0.1, -0.05) is 13.0 Å². The molecule has 0 fully saturated rings. The SMILES string of the molecule is CCC(CCN(C)Cc1ccc2c(cc(C#N)n2Cc2cn[nH]c2)c1C)Nc1ncnc2nc(CC(F)(F)F)oc12. The summed E-state index contributed by atoms with van der Waals surface area (Å²) in [6, 6.07) is 8.43. The topological polar surface area (TPSA) is 124 Å². The minimum absolute atomic E-state index is 0.00503. The molecule has 41 heavy (non-hydrogen) atoms. The number of fused-ring (bicyclic) bond motifs is 2. The summed E-state index contributed by atoms with van der Waals surface area (Å²) in [5, 5.41) is 20.9. The molecule has 10 nitrogen and oxygen atoms in total. The van der Waals surface area contributed by atoms with E-state index in [9.17, 15) is 18.4 Å². The highest BCUT2D eigenvalue weighted by molar-refractivity contribution is 5.86. The van der Waals surface area contributed by atoms with E-state index in [4.69, 9.17) is 4.42 Å². The number of benzene rings is 1. The molecule has 0 aliphatic carbocycles. The Morgan fingerprint density at radius 3 is 2.80 bits per heavy atom. The van der Waals surface area contributed by atoms with Crippen molar-refractivity contribution in [1.29, 1.82) is 5.26 Å². The molecule has 214 valence electrons. The molecule has 0 saturated heterocycles. The first-order valence-electron chi connectivity index (χ1n) is 13.3. The number of H-pyrrole nitrogens is 1. The molecular weight excluding hydrogens is 535 g/mol. The van der Waals surface area contributed by atoms with E-state index in [1.165, 1.54) is 11.9 Å². The summed E-state index contributed by atoms with van der Waals surface area (Å²) in [5.74, 6) is -0.102. The fraction of sp³-hybridized carbons (Fsp3) is 0.393. The minimum Gasteiger partial charge on any atom is -0.435 e. The third-order valence-electron chi connectivity index (χ3n) is 7.20. The molecule has 13 heteroatoms. The number of nitriles is 1. The lowest BCUT2D eigenvalue weighted by atomic mass is 10.0. The molecule has 0 aliphatic heterocycles. The lowest BCUT2D eigenvalue weighted by Crippen LogP contribution is -2.27. The molecular formula is C28H30F3N9O. The minimum atomic E-state index is -4.43. The lowest BCUT2D eigenvalue weighted by Gasteiger charge is -2.23. The van der Waals surface area contributed by atoms with Crippen molar-refractivity contribution in [3.63, 3.8) is 0 Å². The van der Waals surface area contributed by atoms with Crippen molar-refractivity contribution in [2.75, 3.05) is 18.9 Å². The summed E-state index contributed by atoms with van der Waals surface area (Å²) >= 11 is 0. The maximum Gasteiger partial charge on any atom is 0.397 e. The Morgan fingerprint density at radius 2 is 2.10 bits per heavy atom. The van der Waals surface area contributed by atoms with Gasteiger partial charge in [-0.05, 0) is 50.1 Å². The van der Waals surface area contributed by atoms with Crippen molar-refractivity contribution in [2.24, 2.45) is 0 Å². The van der Waals surface area contributed by atoms with E-state index in [2.05, 4.69) is 60.5 Å². The fourth-order valence-electron chi connectivity index (χ4n) is 4.97. The number of alkyl halides is 3. The van der Waals surface area contributed by atoms with Gasteiger partial charge in [0.05, 0.1) is 12.7 Å². The Bertz CT molecular complexity index is 1680. The molecule has 0 bridgehead atoms. The van der Waals surface area contributed by atoms with E-state index < -0.39 is 18.5 Å². The summed E-state index contributed by atoms with van der Waals surface area (Å²) < 4.78 is 45.8. The average Bonchev–Trinajstić information content (AvgIpc) is 3.67. The van der Waals surface area contributed by atoms with Crippen LogP contribution < -0.4 is 5.32 Å². The molecule has 0 saturated carbocycles. The number of aryl methyl sites for hydroxylation is 1. The molecule has 4 heterocycles. The zero-order valence-electron chi connectivity index (χ0n) is 23.0. The first kappa shape index (κ1) is 28.1. The number of oxazole rings is 1. The first-order valence-corrected chi connectivity index (χ1v) is 13.3. The summed E-state index contributed by atoms with van der Waals surface area (Å²) in [5.41, 5.74) is 5.11. The number of anilines is 1. The summed E-state index contributed by atoms with van der Waals surface area (Å²) in [7, 11) is 2.05. The van der Waals surface area contributed by atoms with Crippen LogP contribution in [0, 0.1) is 18.3 Å². The van der Waals surface area contributed by atoms with Gasteiger partial charge in [-0.15, -0.1) is 0 Å². The fourth-order valence-corrected chi connectivity index (χ4v) is 4.97. The lowest BCUT2D eigenvalue weighted by molar-refractivity contribution is -0.130. The Balaban J connectivity index is 1.25. The number of rotatable bonds is 11. The number of nitrogens with one attached hydrogen (secondary N) is 2. The van der Waals surface area contributed by atoms with E-state index in [-0.39, 0.29) is 17.3 Å². The van der Waals surface area contributed by atoms with Crippen LogP contribution in [0.25, 0.3) is 22.1 Å². The van der Waals surface area contributed by atoms with Gasteiger partial charge in [0.1, 0.15) is 24.5 Å². The Morgan fingerprint density at radius 1 is 1.27 bits per heavy atom. The molecule has 5 rings (SSSR count). The first-order chi connectivity index (χ1) is 19.6. The van der Waals surface area contributed by atoms with Crippen molar-refractivity contribution < 1.29 is 17.6 Å². The smallest absolute Gasteiger partial charge is 0.397 e. The third kappa shape index (κ3) is 6.33. The van der Waals surface area contributed by atoms with Crippen molar-refractivity contribution in [3.8, 4) is 6.07 Å². The zero-order chi connectivity index (χ0) is 29.1. The molecule has 2 N–H and O–H groups in total. The maximum atomic E-state index is 12.8. The number of hydrogen-bond donors (Lipinski definition) is 2. The highest BCUT2D eigenvalue weighted by Crippen LogP contribution is 2.28. The molecule has 1 atom stereocenters. The third-order valence-corrected chi connectivity index (χ3v) is 7.20. The Kier molecular flexibility index (Phi) is 7.94. The van der Waals surface area contributed by atoms with E-state index in [0.717, 1.165) is 41.4 Å². The highest BCUT2D eigenvalue weighted by Gasteiger charge is 2.31. The van der Waals surface area contributed by atoms with Gasteiger partial charge in [-0.25, -0.2) is 9.97 Å². The van der Waals surface area contributed by atoms with Crippen molar-refractivity contribution in [2.45, 2.75) is 58.4 Å². The number of aromatic nitrogens is 6. The average molecular weight is 566 g/mol. The van der Waals surface area contributed by atoms with Gasteiger partial charge >= 0.3 is 6.18 Å². The maximum absolute atomic E-state index is 12.8. The molecule has 0 radical (unpaired) electrons. The van der Waals surface area contributed by atoms with Gasteiger partial charge in [0, 0.05) is 41.8 Å². The Hall–Kier alpha value is -4.44. The predicted molar refractivity (Wildman–Crippen MR) is 147 cm³/mol. The van der Waals surface area contributed by atoms with Gasteiger partial charge < -0.3 is 19.2 Å². The van der Waals surface area contributed by atoms with E-state index >= 15 is 0 Å². The number of aromatic amines is 1. The second kappa shape index (κ2) is 11.6. The molecule has 1 unspecified atom stereocenters. The van der Waals surface area contributed by atoms with Gasteiger partial charge in [0.25, 0.3) is 0 Å². The van der Waals surface area contributed by atoms with Crippen molar-refractivity contribution >= 4 is 28.0 Å². The van der Waals surface area contributed by atoms with Crippen LogP contribution in [0.5, 0.6) is 0 Å². The van der Waals surface area contributed by atoms with Gasteiger partial charge in [0.2, 0.25) is 17.1 Å². The largest absolute Gasteiger partial charge is 0.435 e. The van der Waals surface area contributed by atoms with E-state index in [1.54, 1.807) is 6.20 Å². The van der Waals surface area contributed by atoms with Crippen LogP contribution in [0.15, 0.2) is 41.3 Å². The molecule has 0 amide bonds. The summed E-state index contributed by atoms with van der Waals surface area (Å²) in [6.07, 6.45) is 0.699. The normalized spacial score (nSPS) is 12.8. The van der Waals surface area contributed by atoms with Gasteiger partial charge in [-0.3, -0.25) is 5.10 Å². The standard InChI is InChI=1S/C28H30F3N9O/c1-4-20(37-26-25-27(34-16-33-26)38-24(41-25)10-28(29,30)31)7-8-39(3)15-19-5-6-23-22(17(19)2)9-21(11-32)40(23)14-18-12-35-36-13-18/h5-6,9,12-13,16,20H,4,7-8,10,14-15H2,1-3H3,(H,35,36)(H,33,34,37). The van der Waals surface area contributed by atoms with Crippen LogP contribution in [0.1, 0.15) is 48.0 Å². The number of hydrogen-bond acceptors (Lipinski definition) is 8. The quantitative estimate of drug-likeness (QED) is 0.220. The summed E-state index contributed by atoms with van der Waals surface area (Å²) in [6.45, 7) is 6.15. The van der Waals surface area contributed by atoms with Gasteiger partial charge in [-0.2, -0.15) is 28.5 Å². The zero-order valence-corrected chi connectivity index (χ0v) is 23.0. The van der Waals surface area contributed by atoms with E-state index in [1.807, 2.05) is 30.8 Å². The van der Waals surface area contributed by atoms with Crippen LogP contribution in [-0.2, 0) is 19.5 Å². The Labute approximate surface area is 234 Å². The van der Waals surface area contributed by atoms with Crippen LogP contribution in [0.4, 0.5) is 19.0 Å². The second-order valence-electron chi connectivity index (χ2n) is 10.2. The molecule has 0 spiro atoms. The predicted octanol–water partition coefficient (Wildman–Crippen LogP) is 5.34.